The van der Waals surface area contributed by atoms with Crippen LogP contribution in [-0.2, 0) is 27.3 Å². The van der Waals surface area contributed by atoms with Gasteiger partial charge in [0.1, 0.15) is 23.9 Å². The van der Waals surface area contributed by atoms with Gasteiger partial charge in [-0.25, -0.2) is 27.2 Å². The standard InChI is InChI=1S/C16H15F3N4O5S.C10H12F2N/c17-16(18,19)28-11-1-3-12(4-2-11)29(26,27)23-8-7-22(9-13(23)15(24)25)14-5-6-20-10-21-14;1-2-10(11,12)9-5-3-8(7-13)4-6-9/h1-6,10,13H,7-9H2,(H,24,25);3-6,13H,2,7H2,1H3/q;-1/t13-;/m1./s1. The molecule has 42 heavy (non-hydrogen) atoms. The lowest BCUT2D eigenvalue weighted by molar-refractivity contribution is -0.274. The van der Waals surface area contributed by atoms with Gasteiger partial charge in [-0.15, -0.1) is 19.7 Å². The van der Waals surface area contributed by atoms with Crippen molar-refractivity contribution >= 4 is 21.8 Å². The fraction of sp³-hybridized carbons (Fsp3) is 0.346. The number of sulfonamides is 1. The van der Waals surface area contributed by atoms with E-state index in [1.165, 1.54) is 31.6 Å². The summed E-state index contributed by atoms with van der Waals surface area (Å²) in [5.74, 6) is -4.22. The molecule has 16 heteroatoms. The quantitative estimate of drug-likeness (QED) is 0.346. The summed E-state index contributed by atoms with van der Waals surface area (Å²) < 4.78 is 93.2. The molecular formula is C26H27F5N5O5S-. The Kier molecular flexibility index (Phi) is 10.4. The number of ether oxygens (including phenoxy) is 1. The molecule has 0 amide bonds. The lowest BCUT2D eigenvalue weighted by atomic mass is 10.0. The van der Waals surface area contributed by atoms with Crippen LogP contribution in [0, 0.1) is 0 Å². The van der Waals surface area contributed by atoms with E-state index in [9.17, 15) is 40.3 Å². The first kappa shape index (κ1) is 32.6. The number of piperazine rings is 1. The van der Waals surface area contributed by atoms with Crippen LogP contribution in [0.3, 0.4) is 0 Å². The van der Waals surface area contributed by atoms with E-state index in [1.807, 2.05) is 0 Å². The second-order valence-electron chi connectivity index (χ2n) is 8.93. The van der Waals surface area contributed by atoms with Crippen LogP contribution in [0.4, 0.5) is 27.8 Å². The monoisotopic (exact) mass is 616 g/mol. The van der Waals surface area contributed by atoms with Crippen LogP contribution in [0.2, 0.25) is 0 Å². The average Bonchev–Trinajstić information content (AvgIpc) is 2.97. The number of benzene rings is 2. The third kappa shape index (κ3) is 8.33. The van der Waals surface area contributed by atoms with Crippen LogP contribution in [0.5, 0.6) is 5.75 Å². The van der Waals surface area contributed by atoms with E-state index in [1.54, 1.807) is 23.1 Å². The molecule has 2 N–H and O–H groups in total. The molecule has 228 valence electrons. The maximum atomic E-state index is 13.1. The largest absolute Gasteiger partial charge is 0.674 e. The highest BCUT2D eigenvalue weighted by Crippen LogP contribution is 2.31. The smallest absolute Gasteiger partial charge is 0.573 e. The van der Waals surface area contributed by atoms with Crippen LogP contribution >= 0.6 is 0 Å². The molecule has 4 rings (SSSR count). The van der Waals surface area contributed by atoms with Crippen LogP contribution in [-0.4, -0.2) is 65.8 Å². The topological polar surface area (TPSA) is 137 Å². The normalized spacial score (nSPS) is 16.4. The maximum absolute atomic E-state index is 13.1. The third-order valence-electron chi connectivity index (χ3n) is 6.19. The van der Waals surface area contributed by atoms with E-state index in [4.69, 9.17) is 5.73 Å². The van der Waals surface area contributed by atoms with Gasteiger partial charge in [-0.05, 0) is 30.3 Å². The van der Waals surface area contributed by atoms with Crippen LogP contribution in [0.1, 0.15) is 24.5 Å². The number of nitrogens with zero attached hydrogens (tertiary/aromatic N) is 4. The van der Waals surface area contributed by atoms with Gasteiger partial charge in [-0.1, -0.05) is 36.8 Å². The summed E-state index contributed by atoms with van der Waals surface area (Å²) in [6, 6.07) is 9.69. The number of aromatic nitrogens is 2. The number of aliphatic carboxylic acids is 1. The Bertz CT molecular complexity index is 1430. The van der Waals surface area contributed by atoms with Gasteiger partial charge in [-0.2, -0.15) is 4.31 Å². The molecule has 1 atom stereocenters. The molecule has 0 unspecified atom stereocenters. The first-order valence-electron chi connectivity index (χ1n) is 12.4. The number of carbonyl (C=O) groups is 1. The fourth-order valence-electron chi connectivity index (χ4n) is 3.95. The Morgan fingerprint density at radius 1 is 1.05 bits per heavy atom. The summed E-state index contributed by atoms with van der Waals surface area (Å²) in [5, 5.41) is 9.54. The molecule has 1 aromatic heterocycles. The summed E-state index contributed by atoms with van der Waals surface area (Å²) in [6.45, 7) is 1.47. The van der Waals surface area contributed by atoms with Crippen molar-refractivity contribution in [3.05, 3.63) is 84.0 Å². The maximum Gasteiger partial charge on any atom is 0.573 e. The lowest BCUT2D eigenvalue weighted by Gasteiger charge is -2.38. The van der Waals surface area contributed by atoms with E-state index in [0.29, 0.717) is 5.82 Å². The second kappa shape index (κ2) is 13.4. The van der Waals surface area contributed by atoms with Gasteiger partial charge in [0.05, 0.1) is 4.90 Å². The van der Waals surface area contributed by atoms with Crippen LogP contribution < -0.4 is 9.64 Å². The molecule has 0 spiro atoms. The number of halogens is 5. The molecule has 0 saturated carbocycles. The SMILES string of the molecule is CCC(F)(F)c1ccc(C[NH-])cc1.O=C(O)[C@H]1CN(c2ccncn2)CCN1S(=O)(=O)c1ccc(OC(F)(F)F)cc1. The molecule has 3 aromatic rings. The highest BCUT2D eigenvalue weighted by molar-refractivity contribution is 7.89. The Labute approximate surface area is 238 Å². The second-order valence-corrected chi connectivity index (χ2v) is 10.8. The molecule has 2 aromatic carbocycles. The van der Waals surface area contributed by atoms with Gasteiger partial charge in [0, 0.05) is 37.8 Å². The van der Waals surface area contributed by atoms with Gasteiger partial charge < -0.3 is 20.5 Å². The number of rotatable bonds is 8. The van der Waals surface area contributed by atoms with Crippen molar-refractivity contribution in [2.75, 3.05) is 24.5 Å². The summed E-state index contributed by atoms with van der Waals surface area (Å²) >= 11 is 0. The fourth-order valence-corrected chi connectivity index (χ4v) is 5.52. The predicted molar refractivity (Wildman–Crippen MR) is 141 cm³/mol. The molecule has 0 radical (unpaired) electrons. The van der Waals surface area contributed by atoms with Gasteiger partial charge in [0.15, 0.2) is 0 Å². The van der Waals surface area contributed by atoms with Crippen molar-refractivity contribution in [3.63, 3.8) is 0 Å². The molecule has 1 saturated heterocycles. The minimum atomic E-state index is -4.91. The first-order valence-corrected chi connectivity index (χ1v) is 13.8. The molecular weight excluding hydrogens is 589 g/mol. The van der Waals surface area contributed by atoms with Crippen molar-refractivity contribution in [2.24, 2.45) is 0 Å². The number of alkyl halides is 5. The van der Waals surface area contributed by atoms with Crippen molar-refractivity contribution in [1.29, 1.82) is 0 Å². The Morgan fingerprint density at radius 3 is 2.19 bits per heavy atom. The number of nitrogens with one attached hydrogen (secondary N) is 1. The molecule has 1 fully saturated rings. The molecule has 0 bridgehead atoms. The third-order valence-corrected chi connectivity index (χ3v) is 8.12. The predicted octanol–water partition coefficient (Wildman–Crippen LogP) is 5.08. The zero-order valence-corrected chi connectivity index (χ0v) is 22.9. The van der Waals surface area contributed by atoms with Crippen LogP contribution in [0.25, 0.3) is 5.73 Å². The Morgan fingerprint density at radius 2 is 1.69 bits per heavy atom. The number of hydrogen-bond donors (Lipinski definition) is 1. The van der Waals surface area contributed by atoms with Crippen molar-refractivity contribution in [3.8, 4) is 5.75 Å². The molecule has 1 aliphatic heterocycles. The first-order chi connectivity index (χ1) is 19.7. The number of carboxylic acid groups (broad SMARTS) is 1. The average molecular weight is 617 g/mol. The highest BCUT2D eigenvalue weighted by atomic mass is 32.2. The van der Waals surface area contributed by atoms with Gasteiger partial charge in [-0.3, -0.25) is 4.79 Å². The molecule has 10 nitrogen and oxygen atoms in total. The van der Waals surface area contributed by atoms with Crippen molar-refractivity contribution in [2.45, 2.75) is 43.1 Å². The van der Waals surface area contributed by atoms with E-state index in [2.05, 4.69) is 14.7 Å². The lowest BCUT2D eigenvalue weighted by Crippen LogP contribution is -2.58. The highest BCUT2D eigenvalue weighted by Gasteiger charge is 2.41. The summed E-state index contributed by atoms with van der Waals surface area (Å²) in [6.07, 6.45) is -2.33. The minimum absolute atomic E-state index is 0.0344. The zero-order chi connectivity index (χ0) is 31.1. The zero-order valence-electron chi connectivity index (χ0n) is 22.1. The Balaban J connectivity index is 0.000000312. The molecule has 0 aliphatic carbocycles. The number of anilines is 1. The molecule has 1 aliphatic rings. The summed E-state index contributed by atoms with van der Waals surface area (Å²) in [7, 11) is -4.27. The van der Waals surface area contributed by atoms with E-state index < -0.39 is 40.1 Å². The summed E-state index contributed by atoms with van der Waals surface area (Å²) in [5.41, 5.74) is 7.82. The van der Waals surface area contributed by atoms with E-state index in [-0.39, 0.29) is 43.1 Å². The molecule has 2 heterocycles. The minimum Gasteiger partial charge on any atom is -0.674 e. The number of carboxylic acids is 1. The number of hydrogen-bond acceptors (Lipinski definition) is 7. The van der Waals surface area contributed by atoms with Gasteiger partial charge >= 0.3 is 12.3 Å². The van der Waals surface area contributed by atoms with Gasteiger partial charge in [0.25, 0.3) is 5.92 Å². The summed E-state index contributed by atoms with van der Waals surface area (Å²) in [4.78, 5) is 20.8. The van der Waals surface area contributed by atoms with Crippen molar-refractivity contribution < 1.29 is 45.0 Å². The van der Waals surface area contributed by atoms with E-state index >= 15 is 0 Å². The van der Waals surface area contributed by atoms with Crippen molar-refractivity contribution in [1.82, 2.24) is 14.3 Å². The van der Waals surface area contributed by atoms with E-state index in [0.717, 1.165) is 34.1 Å². The van der Waals surface area contributed by atoms with Gasteiger partial charge in [0.2, 0.25) is 10.0 Å². The van der Waals surface area contributed by atoms with Crippen LogP contribution in [0.15, 0.2) is 72.0 Å². The Hall–Kier alpha value is -3.89.